The maximum Gasteiger partial charge on any atom is 0.229 e. The zero-order valence-electron chi connectivity index (χ0n) is 12.4. The number of carbonyl (C=O) groups is 2. The molecular weight excluding hydrogens is 308 g/mol. The highest BCUT2D eigenvalue weighted by Crippen LogP contribution is 2.44. The molecule has 1 atom stereocenters. The van der Waals surface area contributed by atoms with Gasteiger partial charge in [0, 0.05) is 23.1 Å². The maximum atomic E-state index is 12.6. The zero-order chi connectivity index (χ0) is 16.4. The van der Waals surface area contributed by atoms with Gasteiger partial charge in [0.05, 0.1) is 10.9 Å². The third kappa shape index (κ3) is 1.85. The molecule has 2 aliphatic rings. The van der Waals surface area contributed by atoms with E-state index in [9.17, 15) is 19.8 Å². The number of rotatable bonds is 0. The predicted molar refractivity (Wildman–Crippen MR) is 79.6 cm³/mol. The van der Waals surface area contributed by atoms with Crippen molar-refractivity contribution in [3.63, 3.8) is 0 Å². The van der Waals surface area contributed by atoms with Gasteiger partial charge in [0.15, 0.2) is 11.5 Å². The minimum absolute atomic E-state index is 0.0398. The van der Waals surface area contributed by atoms with Gasteiger partial charge in [0.1, 0.15) is 17.1 Å². The second-order valence-electron chi connectivity index (χ2n) is 6.13. The molecular formula is C16H15ClO5. The monoisotopic (exact) mass is 322 g/mol. The molecule has 1 heterocycles. The van der Waals surface area contributed by atoms with Gasteiger partial charge in [0.25, 0.3) is 0 Å². The lowest BCUT2D eigenvalue weighted by Crippen LogP contribution is -2.43. The van der Waals surface area contributed by atoms with Crippen LogP contribution in [0.2, 0.25) is 0 Å². The molecule has 1 aliphatic heterocycles. The molecule has 0 amide bonds. The number of phenolic OH excluding ortho intramolecular Hbond substituents is 2. The second-order valence-corrected chi connectivity index (χ2v) is 6.66. The Bertz CT molecular complexity index is 760. The van der Waals surface area contributed by atoms with Crippen LogP contribution in [-0.2, 0) is 4.74 Å². The van der Waals surface area contributed by atoms with E-state index in [1.165, 1.54) is 13.0 Å². The molecule has 0 unspecified atom stereocenters. The van der Waals surface area contributed by atoms with E-state index in [-0.39, 0.29) is 45.9 Å². The smallest absolute Gasteiger partial charge is 0.229 e. The van der Waals surface area contributed by atoms with Gasteiger partial charge in [-0.2, -0.15) is 0 Å². The molecule has 0 bridgehead atoms. The van der Waals surface area contributed by atoms with Gasteiger partial charge < -0.3 is 14.9 Å². The highest BCUT2D eigenvalue weighted by molar-refractivity contribution is 6.29. The lowest BCUT2D eigenvalue weighted by molar-refractivity contribution is 0.0133. The molecule has 116 valence electrons. The van der Waals surface area contributed by atoms with E-state index >= 15 is 0 Å². The quantitative estimate of drug-likeness (QED) is 0.718. The van der Waals surface area contributed by atoms with Gasteiger partial charge in [-0.15, -0.1) is 11.6 Å². The van der Waals surface area contributed by atoms with Crippen LogP contribution in [0.1, 0.15) is 46.5 Å². The lowest BCUT2D eigenvalue weighted by atomic mass is 9.81. The Morgan fingerprint density at radius 1 is 1.27 bits per heavy atom. The number of fused-ring (bicyclic) bond motifs is 1. The van der Waals surface area contributed by atoms with Crippen LogP contribution in [0, 0.1) is 6.92 Å². The number of carbonyl (C=O) groups excluding carboxylic acids is 2. The van der Waals surface area contributed by atoms with Crippen molar-refractivity contribution in [2.75, 3.05) is 0 Å². The van der Waals surface area contributed by atoms with Crippen LogP contribution < -0.4 is 0 Å². The van der Waals surface area contributed by atoms with Gasteiger partial charge in [-0.3, -0.25) is 9.59 Å². The van der Waals surface area contributed by atoms with Crippen molar-refractivity contribution in [1.82, 2.24) is 0 Å². The van der Waals surface area contributed by atoms with Crippen LogP contribution in [0.5, 0.6) is 11.5 Å². The van der Waals surface area contributed by atoms with E-state index in [4.69, 9.17) is 16.3 Å². The van der Waals surface area contributed by atoms with Crippen molar-refractivity contribution in [2.45, 2.75) is 38.2 Å². The first-order valence-corrected chi connectivity index (χ1v) is 7.30. The van der Waals surface area contributed by atoms with Crippen LogP contribution in [0.4, 0.5) is 0 Å². The Hall–Kier alpha value is -2.01. The summed E-state index contributed by atoms with van der Waals surface area (Å²) in [7, 11) is 0. The molecule has 3 rings (SSSR count). The van der Waals surface area contributed by atoms with E-state index in [0.717, 1.165) is 0 Å². The lowest BCUT2D eigenvalue weighted by Gasteiger charge is -2.38. The number of phenols is 2. The third-order valence-electron chi connectivity index (χ3n) is 4.26. The summed E-state index contributed by atoms with van der Waals surface area (Å²) < 4.78 is 5.65. The number of benzene rings is 1. The van der Waals surface area contributed by atoms with Crippen molar-refractivity contribution in [2.24, 2.45) is 0 Å². The van der Waals surface area contributed by atoms with Crippen molar-refractivity contribution in [3.05, 3.63) is 34.1 Å². The van der Waals surface area contributed by atoms with E-state index in [2.05, 4.69) is 0 Å². The standard InChI is InChI=1S/C16H15ClO5/c1-6-9(18)4-7-11(12(6)19)13(20)8-5-10(17)16(2,3)22-15(8)14(7)21/h4,10,18-19H,5H2,1-3H3/t10-/m1/s1. The first-order valence-electron chi connectivity index (χ1n) is 6.86. The summed E-state index contributed by atoms with van der Waals surface area (Å²) in [5, 5.41) is 19.5. The minimum Gasteiger partial charge on any atom is -0.508 e. The molecule has 1 aliphatic carbocycles. The fourth-order valence-electron chi connectivity index (χ4n) is 2.72. The van der Waals surface area contributed by atoms with Gasteiger partial charge >= 0.3 is 0 Å². The van der Waals surface area contributed by atoms with Gasteiger partial charge in [-0.05, 0) is 26.8 Å². The normalized spacial score (nSPS) is 23.0. The number of allylic oxidation sites excluding steroid dienone is 2. The minimum atomic E-state index is -0.789. The maximum absolute atomic E-state index is 12.6. The predicted octanol–water partition coefficient (Wildman–Crippen LogP) is 2.85. The summed E-state index contributed by atoms with van der Waals surface area (Å²) in [4.78, 5) is 25.3. The number of ketones is 2. The first kappa shape index (κ1) is 14.9. The first-order chi connectivity index (χ1) is 10.1. The number of halogens is 1. The number of hydrogen-bond acceptors (Lipinski definition) is 5. The third-order valence-corrected chi connectivity index (χ3v) is 4.94. The summed E-state index contributed by atoms with van der Waals surface area (Å²) >= 11 is 6.24. The van der Waals surface area contributed by atoms with Gasteiger partial charge in [-0.25, -0.2) is 0 Å². The summed E-state index contributed by atoms with van der Waals surface area (Å²) in [6.45, 7) is 4.95. The Labute approximate surface area is 132 Å². The largest absolute Gasteiger partial charge is 0.508 e. The van der Waals surface area contributed by atoms with Crippen molar-refractivity contribution in [1.29, 1.82) is 0 Å². The number of alkyl halides is 1. The SMILES string of the molecule is Cc1c(O)cc2c(c1O)C(=O)C1=C(OC(C)(C)[C@H](Cl)C1)C2=O. The topological polar surface area (TPSA) is 83.8 Å². The van der Waals surface area contributed by atoms with E-state index in [1.807, 2.05) is 0 Å². The summed E-state index contributed by atoms with van der Waals surface area (Å²) in [6, 6.07) is 1.19. The zero-order valence-corrected chi connectivity index (χ0v) is 13.1. The summed E-state index contributed by atoms with van der Waals surface area (Å²) in [5.41, 5.74) is -0.595. The highest BCUT2D eigenvalue weighted by atomic mass is 35.5. The van der Waals surface area contributed by atoms with Gasteiger partial charge in [-0.1, -0.05) is 0 Å². The molecule has 0 fully saturated rings. The number of Topliss-reactive ketones (excluding diaryl/α,β-unsaturated/α-hetero) is 2. The van der Waals surface area contributed by atoms with Crippen molar-refractivity contribution < 1.29 is 24.5 Å². The number of aromatic hydroxyl groups is 2. The molecule has 0 radical (unpaired) electrons. The van der Waals surface area contributed by atoms with Crippen LogP contribution in [-0.4, -0.2) is 32.8 Å². The number of ether oxygens (including phenoxy) is 1. The second kappa shape index (κ2) is 4.49. The summed E-state index contributed by atoms with van der Waals surface area (Å²) in [5.74, 6) is -1.66. The molecule has 6 heteroatoms. The Morgan fingerprint density at radius 2 is 1.91 bits per heavy atom. The van der Waals surface area contributed by atoms with Gasteiger partial charge in [0.2, 0.25) is 5.78 Å². The average Bonchev–Trinajstić information content (AvgIpc) is 2.44. The van der Waals surface area contributed by atoms with Crippen LogP contribution in [0.15, 0.2) is 17.4 Å². The molecule has 0 saturated carbocycles. The Morgan fingerprint density at radius 3 is 2.55 bits per heavy atom. The van der Waals surface area contributed by atoms with Crippen LogP contribution in [0.3, 0.4) is 0 Å². The molecule has 5 nitrogen and oxygen atoms in total. The average molecular weight is 323 g/mol. The Kier molecular flexibility index (Phi) is 3.04. The molecule has 2 N–H and O–H groups in total. The highest BCUT2D eigenvalue weighted by Gasteiger charge is 2.45. The summed E-state index contributed by atoms with van der Waals surface area (Å²) in [6.07, 6.45) is 0.188. The van der Waals surface area contributed by atoms with E-state index in [1.54, 1.807) is 13.8 Å². The van der Waals surface area contributed by atoms with Crippen molar-refractivity contribution in [3.8, 4) is 11.5 Å². The Balaban J connectivity index is 2.24. The van der Waals surface area contributed by atoms with Crippen LogP contribution >= 0.6 is 11.6 Å². The molecule has 0 aromatic heterocycles. The van der Waals surface area contributed by atoms with E-state index < -0.39 is 22.5 Å². The molecule has 0 saturated heterocycles. The molecule has 1 aromatic carbocycles. The number of hydrogen-bond donors (Lipinski definition) is 2. The fraction of sp³-hybridized carbons (Fsp3) is 0.375. The van der Waals surface area contributed by atoms with E-state index in [0.29, 0.717) is 0 Å². The molecule has 0 spiro atoms. The van der Waals surface area contributed by atoms with Crippen molar-refractivity contribution >= 4 is 23.2 Å². The fourth-order valence-corrected chi connectivity index (χ4v) is 2.92. The molecule has 22 heavy (non-hydrogen) atoms. The molecule has 1 aromatic rings. The van der Waals surface area contributed by atoms with Crippen LogP contribution in [0.25, 0.3) is 0 Å².